The summed E-state index contributed by atoms with van der Waals surface area (Å²) in [4.78, 5) is 14.0. The maximum Gasteiger partial charge on any atom is 0.139 e. The molecule has 0 aliphatic carbocycles. The van der Waals surface area contributed by atoms with E-state index in [2.05, 4.69) is 15.6 Å². The van der Waals surface area contributed by atoms with E-state index in [1.54, 1.807) is 12.4 Å². The predicted octanol–water partition coefficient (Wildman–Crippen LogP) is 0.734. The molecule has 1 aromatic heterocycles. The van der Waals surface area contributed by atoms with Crippen molar-refractivity contribution in [2.24, 2.45) is 0 Å². The van der Waals surface area contributed by atoms with Crippen LogP contribution in [0, 0.1) is 0 Å². The van der Waals surface area contributed by atoms with Gasteiger partial charge >= 0.3 is 0 Å². The van der Waals surface area contributed by atoms with Crippen LogP contribution in [-0.2, 0) is 4.79 Å². The summed E-state index contributed by atoms with van der Waals surface area (Å²) in [5.74, 6) is 0. The molecule has 4 heteroatoms. The lowest BCUT2D eigenvalue weighted by atomic mass is 10.3. The Morgan fingerprint density at radius 2 is 2.42 bits per heavy atom. The average molecular weight is 165 g/mol. The zero-order valence-electron chi connectivity index (χ0n) is 6.87. The quantitative estimate of drug-likeness (QED) is 0.646. The van der Waals surface area contributed by atoms with Crippen molar-refractivity contribution in [1.82, 2.24) is 4.98 Å². The Morgan fingerprint density at radius 3 is 3.08 bits per heavy atom. The lowest BCUT2D eigenvalue weighted by Gasteiger charge is -2.07. The second kappa shape index (κ2) is 4.33. The van der Waals surface area contributed by atoms with Gasteiger partial charge < -0.3 is 15.4 Å². The third-order valence-corrected chi connectivity index (χ3v) is 1.47. The first kappa shape index (κ1) is 8.52. The van der Waals surface area contributed by atoms with Crippen LogP contribution < -0.4 is 10.6 Å². The van der Waals surface area contributed by atoms with Gasteiger partial charge in [-0.05, 0) is 6.07 Å². The van der Waals surface area contributed by atoms with Crippen molar-refractivity contribution in [3.63, 3.8) is 0 Å². The van der Waals surface area contributed by atoms with Crippen molar-refractivity contribution < 1.29 is 4.79 Å². The van der Waals surface area contributed by atoms with E-state index in [1.807, 2.05) is 13.1 Å². The van der Waals surface area contributed by atoms with Gasteiger partial charge in [0.15, 0.2) is 0 Å². The number of aldehydes is 1. The van der Waals surface area contributed by atoms with Crippen LogP contribution in [0.4, 0.5) is 11.4 Å². The Bertz CT molecular complexity index is 262. The molecule has 0 saturated carbocycles. The van der Waals surface area contributed by atoms with Crippen LogP contribution in [0.3, 0.4) is 0 Å². The minimum atomic E-state index is 0.318. The Labute approximate surface area is 71.0 Å². The summed E-state index contributed by atoms with van der Waals surface area (Å²) in [6.07, 6.45) is 4.20. The first-order chi connectivity index (χ1) is 5.88. The zero-order valence-corrected chi connectivity index (χ0v) is 6.87. The lowest BCUT2D eigenvalue weighted by Crippen LogP contribution is -2.04. The number of nitrogens with zero attached hydrogens (tertiary/aromatic N) is 1. The van der Waals surface area contributed by atoms with Crippen LogP contribution in [-0.4, -0.2) is 24.9 Å². The molecule has 64 valence electrons. The molecular formula is C8H11N3O. The van der Waals surface area contributed by atoms with Crippen LogP contribution in [0.25, 0.3) is 0 Å². The lowest BCUT2D eigenvalue weighted by molar-refractivity contribution is -0.106. The summed E-state index contributed by atoms with van der Waals surface area (Å²) in [6, 6.07) is 1.81. The van der Waals surface area contributed by atoms with Gasteiger partial charge in [-0.3, -0.25) is 4.98 Å². The summed E-state index contributed by atoms with van der Waals surface area (Å²) in [7, 11) is 1.81. The topological polar surface area (TPSA) is 54.0 Å². The highest BCUT2D eigenvalue weighted by atomic mass is 16.1. The Hall–Kier alpha value is -1.58. The highest BCUT2D eigenvalue weighted by molar-refractivity contribution is 5.70. The molecule has 0 bridgehead atoms. The van der Waals surface area contributed by atoms with Gasteiger partial charge in [-0.1, -0.05) is 0 Å². The molecule has 12 heavy (non-hydrogen) atoms. The number of rotatable bonds is 4. The van der Waals surface area contributed by atoms with Crippen LogP contribution in [0.1, 0.15) is 0 Å². The normalized spacial score (nSPS) is 9.08. The predicted molar refractivity (Wildman–Crippen MR) is 48.3 cm³/mol. The van der Waals surface area contributed by atoms with Gasteiger partial charge in [0.1, 0.15) is 6.29 Å². The minimum Gasteiger partial charge on any atom is -0.385 e. The molecule has 0 aromatic carbocycles. The summed E-state index contributed by atoms with van der Waals surface area (Å²) in [5, 5.41) is 5.91. The van der Waals surface area contributed by atoms with Gasteiger partial charge in [-0.2, -0.15) is 0 Å². The highest BCUT2D eigenvalue weighted by Crippen LogP contribution is 2.17. The SMILES string of the molecule is CNc1cnccc1NCC=O. The zero-order chi connectivity index (χ0) is 8.81. The van der Waals surface area contributed by atoms with Gasteiger partial charge in [0.25, 0.3) is 0 Å². The average Bonchev–Trinajstić information content (AvgIpc) is 2.15. The third-order valence-electron chi connectivity index (χ3n) is 1.47. The molecule has 1 aromatic rings. The second-order valence-electron chi connectivity index (χ2n) is 2.22. The fourth-order valence-corrected chi connectivity index (χ4v) is 0.899. The Balaban J connectivity index is 2.74. The van der Waals surface area contributed by atoms with Gasteiger partial charge in [0.05, 0.1) is 24.1 Å². The van der Waals surface area contributed by atoms with Crippen molar-refractivity contribution >= 4 is 17.7 Å². The smallest absolute Gasteiger partial charge is 0.139 e. The standard InChI is InChI=1S/C8H11N3O/c1-9-8-6-10-3-2-7(8)11-4-5-12/h2-3,5-6,9H,4H2,1H3,(H,10,11). The van der Waals surface area contributed by atoms with Gasteiger partial charge in [0.2, 0.25) is 0 Å². The molecule has 4 nitrogen and oxygen atoms in total. The van der Waals surface area contributed by atoms with Crippen molar-refractivity contribution in [3.8, 4) is 0 Å². The molecule has 0 aliphatic heterocycles. The molecular weight excluding hydrogens is 154 g/mol. The van der Waals surface area contributed by atoms with Gasteiger partial charge in [-0.15, -0.1) is 0 Å². The van der Waals surface area contributed by atoms with Crippen molar-refractivity contribution in [3.05, 3.63) is 18.5 Å². The minimum absolute atomic E-state index is 0.318. The Kier molecular flexibility index (Phi) is 3.07. The first-order valence-electron chi connectivity index (χ1n) is 3.67. The molecule has 0 amide bonds. The van der Waals surface area contributed by atoms with E-state index < -0.39 is 0 Å². The monoisotopic (exact) mass is 165 g/mol. The van der Waals surface area contributed by atoms with Crippen molar-refractivity contribution in [1.29, 1.82) is 0 Å². The largest absolute Gasteiger partial charge is 0.385 e. The fraction of sp³-hybridized carbons (Fsp3) is 0.250. The van der Waals surface area contributed by atoms with Crippen LogP contribution in [0.2, 0.25) is 0 Å². The van der Waals surface area contributed by atoms with E-state index in [1.165, 1.54) is 0 Å². The van der Waals surface area contributed by atoms with Gasteiger partial charge in [0, 0.05) is 13.2 Å². The van der Waals surface area contributed by atoms with E-state index in [4.69, 9.17) is 0 Å². The van der Waals surface area contributed by atoms with Gasteiger partial charge in [-0.25, -0.2) is 0 Å². The molecule has 0 saturated heterocycles. The van der Waals surface area contributed by atoms with E-state index in [9.17, 15) is 4.79 Å². The summed E-state index contributed by atoms with van der Waals surface area (Å²) in [6.45, 7) is 0.318. The summed E-state index contributed by atoms with van der Waals surface area (Å²) < 4.78 is 0. The summed E-state index contributed by atoms with van der Waals surface area (Å²) in [5.41, 5.74) is 1.78. The molecule has 0 fully saturated rings. The molecule has 0 radical (unpaired) electrons. The molecule has 0 aliphatic rings. The Morgan fingerprint density at radius 1 is 1.58 bits per heavy atom. The number of anilines is 2. The van der Waals surface area contributed by atoms with E-state index in [0.717, 1.165) is 17.7 Å². The van der Waals surface area contributed by atoms with Crippen LogP contribution in [0.15, 0.2) is 18.5 Å². The third kappa shape index (κ3) is 1.95. The summed E-state index contributed by atoms with van der Waals surface area (Å²) >= 11 is 0. The second-order valence-corrected chi connectivity index (χ2v) is 2.22. The van der Waals surface area contributed by atoms with E-state index >= 15 is 0 Å². The number of nitrogens with one attached hydrogen (secondary N) is 2. The molecule has 0 atom stereocenters. The fourth-order valence-electron chi connectivity index (χ4n) is 0.899. The van der Waals surface area contributed by atoms with E-state index in [0.29, 0.717) is 6.54 Å². The number of carbonyl (C=O) groups is 1. The molecule has 1 rings (SSSR count). The van der Waals surface area contributed by atoms with Crippen molar-refractivity contribution in [2.75, 3.05) is 24.2 Å². The molecule has 0 spiro atoms. The molecule has 0 unspecified atom stereocenters. The number of carbonyl (C=O) groups excluding carboxylic acids is 1. The van der Waals surface area contributed by atoms with E-state index in [-0.39, 0.29) is 0 Å². The number of pyridine rings is 1. The highest BCUT2D eigenvalue weighted by Gasteiger charge is 1.96. The molecule has 2 N–H and O–H groups in total. The number of hydrogen-bond acceptors (Lipinski definition) is 4. The van der Waals surface area contributed by atoms with Crippen molar-refractivity contribution in [2.45, 2.75) is 0 Å². The number of hydrogen-bond donors (Lipinski definition) is 2. The maximum atomic E-state index is 10.1. The van der Waals surface area contributed by atoms with Crippen LogP contribution in [0.5, 0.6) is 0 Å². The maximum absolute atomic E-state index is 10.1. The number of aromatic nitrogens is 1. The molecule has 1 heterocycles. The first-order valence-corrected chi connectivity index (χ1v) is 3.67. The van der Waals surface area contributed by atoms with Crippen LogP contribution >= 0.6 is 0 Å².